The SMILES string of the molecule is O=C(C1CCCCC1)N1CCC[C@@H](c2nc(N3CCCC3)ncc2-c2ccncc2)C1. The molecule has 31 heavy (non-hydrogen) atoms. The summed E-state index contributed by atoms with van der Waals surface area (Å²) in [6, 6.07) is 4.07. The fraction of sp³-hybridized carbons (Fsp3) is 0.600. The number of anilines is 1. The Kier molecular flexibility index (Phi) is 6.14. The standard InChI is InChI=1S/C25H33N5O/c31-24(20-7-2-1-3-8-20)30-16-6-9-21(18-30)23-22(19-10-12-26-13-11-19)17-27-25(28-23)29-14-4-5-15-29/h10-13,17,20-21H,1-9,14-16,18H2/t21-/m1/s1. The van der Waals surface area contributed by atoms with Crippen LogP contribution in [0.5, 0.6) is 0 Å². The van der Waals surface area contributed by atoms with Gasteiger partial charge in [-0.05, 0) is 56.2 Å². The average Bonchev–Trinajstić information content (AvgIpc) is 3.39. The van der Waals surface area contributed by atoms with Gasteiger partial charge in [-0.3, -0.25) is 9.78 Å². The molecule has 2 saturated heterocycles. The number of hydrogen-bond donors (Lipinski definition) is 0. The van der Waals surface area contributed by atoms with Crippen LogP contribution in [0.3, 0.4) is 0 Å². The highest BCUT2D eigenvalue weighted by atomic mass is 16.2. The summed E-state index contributed by atoms with van der Waals surface area (Å²) in [4.78, 5) is 31.7. The lowest BCUT2D eigenvalue weighted by Crippen LogP contribution is -2.43. The number of amides is 1. The molecule has 2 aromatic heterocycles. The van der Waals surface area contributed by atoms with Gasteiger partial charge in [0.1, 0.15) is 0 Å². The summed E-state index contributed by atoms with van der Waals surface area (Å²) < 4.78 is 0. The second-order valence-corrected chi connectivity index (χ2v) is 9.36. The maximum absolute atomic E-state index is 13.2. The van der Waals surface area contributed by atoms with E-state index in [1.165, 1.54) is 32.1 Å². The summed E-state index contributed by atoms with van der Waals surface area (Å²) in [7, 11) is 0. The van der Waals surface area contributed by atoms with E-state index >= 15 is 0 Å². The predicted molar refractivity (Wildman–Crippen MR) is 122 cm³/mol. The lowest BCUT2D eigenvalue weighted by molar-refractivity contribution is -0.137. The van der Waals surface area contributed by atoms with E-state index in [-0.39, 0.29) is 11.8 Å². The molecule has 3 aliphatic rings. The number of carbonyl (C=O) groups excluding carboxylic acids is 1. The lowest BCUT2D eigenvalue weighted by atomic mass is 9.86. The molecular formula is C25H33N5O. The fourth-order valence-corrected chi connectivity index (χ4v) is 5.53. The molecule has 164 valence electrons. The molecule has 4 heterocycles. The van der Waals surface area contributed by atoms with Gasteiger partial charge < -0.3 is 9.80 Å². The zero-order chi connectivity index (χ0) is 21.0. The summed E-state index contributed by atoms with van der Waals surface area (Å²) in [5.74, 6) is 1.72. The molecule has 0 unspecified atom stereocenters. The van der Waals surface area contributed by atoms with Gasteiger partial charge in [0.2, 0.25) is 11.9 Å². The summed E-state index contributed by atoms with van der Waals surface area (Å²) >= 11 is 0. The molecule has 6 nitrogen and oxygen atoms in total. The number of likely N-dealkylation sites (tertiary alicyclic amines) is 1. The van der Waals surface area contributed by atoms with Crippen molar-refractivity contribution in [1.29, 1.82) is 0 Å². The molecule has 1 saturated carbocycles. The minimum Gasteiger partial charge on any atom is -0.342 e. The first-order valence-corrected chi connectivity index (χ1v) is 12.1. The highest BCUT2D eigenvalue weighted by Crippen LogP contribution is 2.35. The van der Waals surface area contributed by atoms with E-state index in [0.29, 0.717) is 5.91 Å². The van der Waals surface area contributed by atoms with Crippen LogP contribution in [-0.4, -0.2) is 51.9 Å². The topological polar surface area (TPSA) is 62.2 Å². The first kappa shape index (κ1) is 20.4. The largest absolute Gasteiger partial charge is 0.342 e. The van der Waals surface area contributed by atoms with E-state index < -0.39 is 0 Å². The first-order chi connectivity index (χ1) is 15.3. The Morgan fingerprint density at radius 3 is 2.45 bits per heavy atom. The minimum absolute atomic E-state index is 0.234. The summed E-state index contributed by atoms with van der Waals surface area (Å²) in [6.45, 7) is 3.74. The molecule has 1 aliphatic carbocycles. The predicted octanol–water partition coefficient (Wildman–Crippen LogP) is 4.43. The van der Waals surface area contributed by atoms with Crippen LogP contribution in [0.15, 0.2) is 30.7 Å². The lowest BCUT2D eigenvalue weighted by Gasteiger charge is -2.36. The first-order valence-electron chi connectivity index (χ1n) is 12.1. The van der Waals surface area contributed by atoms with Gasteiger partial charge in [-0.25, -0.2) is 9.97 Å². The van der Waals surface area contributed by atoms with Crippen molar-refractivity contribution >= 4 is 11.9 Å². The fourth-order valence-electron chi connectivity index (χ4n) is 5.53. The Balaban J connectivity index is 1.43. The van der Waals surface area contributed by atoms with E-state index in [1.54, 1.807) is 0 Å². The summed E-state index contributed by atoms with van der Waals surface area (Å²) in [5, 5.41) is 0. The molecule has 6 heteroatoms. The third-order valence-corrected chi connectivity index (χ3v) is 7.26. The number of pyridine rings is 1. The van der Waals surface area contributed by atoms with Gasteiger partial charge in [0.15, 0.2) is 0 Å². The number of aromatic nitrogens is 3. The van der Waals surface area contributed by atoms with Crippen LogP contribution in [0.1, 0.15) is 69.4 Å². The van der Waals surface area contributed by atoms with Crippen LogP contribution in [0.2, 0.25) is 0 Å². The molecule has 3 fully saturated rings. The van der Waals surface area contributed by atoms with Crippen molar-refractivity contribution in [3.05, 3.63) is 36.4 Å². The monoisotopic (exact) mass is 419 g/mol. The molecule has 1 atom stereocenters. The van der Waals surface area contributed by atoms with Crippen molar-refractivity contribution in [2.45, 2.75) is 63.7 Å². The van der Waals surface area contributed by atoms with Crippen LogP contribution >= 0.6 is 0 Å². The molecule has 2 aliphatic heterocycles. The Morgan fingerprint density at radius 2 is 1.68 bits per heavy atom. The number of rotatable bonds is 4. The number of nitrogens with zero attached hydrogens (tertiary/aromatic N) is 5. The average molecular weight is 420 g/mol. The van der Waals surface area contributed by atoms with Crippen molar-refractivity contribution in [3.8, 4) is 11.1 Å². The van der Waals surface area contributed by atoms with Crippen LogP contribution in [-0.2, 0) is 4.79 Å². The third-order valence-electron chi connectivity index (χ3n) is 7.26. The van der Waals surface area contributed by atoms with Crippen molar-refractivity contribution in [3.63, 3.8) is 0 Å². The molecule has 1 amide bonds. The van der Waals surface area contributed by atoms with Gasteiger partial charge in [-0.1, -0.05) is 19.3 Å². The van der Waals surface area contributed by atoms with E-state index in [9.17, 15) is 4.79 Å². The third kappa shape index (κ3) is 4.43. The molecule has 0 aromatic carbocycles. The van der Waals surface area contributed by atoms with Crippen LogP contribution in [0.25, 0.3) is 11.1 Å². The maximum atomic E-state index is 13.2. The normalized spacial score (nSPS) is 22.6. The molecule has 5 rings (SSSR count). The smallest absolute Gasteiger partial charge is 0.225 e. The second-order valence-electron chi connectivity index (χ2n) is 9.36. The highest BCUT2D eigenvalue weighted by molar-refractivity contribution is 5.79. The van der Waals surface area contributed by atoms with Gasteiger partial charge in [0.05, 0.1) is 5.69 Å². The van der Waals surface area contributed by atoms with Gasteiger partial charge in [-0.2, -0.15) is 0 Å². The van der Waals surface area contributed by atoms with Crippen LogP contribution < -0.4 is 4.90 Å². The Morgan fingerprint density at radius 1 is 0.903 bits per heavy atom. The number of carbonyl (C=O) groups is 1. The molecule has 0 bridgehead atoms. The molecular weight excluding hydrogens is 386 g/mol. The van der Waals surface area contributed by atoms with Gasteiger partial charge in [0, 0.05) is 62.2 Å². The van der Waals surface area contributed by atoms with Crippen LogP contribution in [0, 0.1) is 5.92 Å². The van der Waals surface area contributed by atoms with E-state index in [1.807, 2.05) is 30.7 Å². The summed E-state index contributed by atoms with van der Waals surface area (Å²) in [5.41, 5.74) is 3.29. The van der Waals surface area contributed by atoms with Crippen molar-refractivity contribution in [2.24, 2.45) is 5.92 Å². The molecule has 0 N–H and O–H groups in total. The number of hydrogen-bond acceptors (Lipinski definition) is 5. The zero-order valence-corrected chi connectivity index (χ0v) is 18.4. The minimum atomic E-state index is 0.234. The molecule has 0 radical (unpaired) electrons. The van der Waals surface area contributed by atoms with E-state index in [2.05, 4.69) is 14.8 Å². The van der Waals surface area contributed by atoms with Gasteiger partial charge in [0.25, 0.3) is 0 Å². The number of piperidine rings is 1. The Labute approximate surface area is 185 Å². The Hall–Kier alpha value is -2.50. The summed E-state index contributed by atoms with van der Waals surface area (Å²) in [6.07, 6.45) is 16.0. The van der Waals surface area contributed by atoms with Crippen molar-refractivity contribution in [1.82, 2.24) is 19.9 Å². The highest BCUT2D eigenvalue weighted by Gasteiger charge is 2.32. The molecule has 2 aromatic rings. The van der Waals surface area contributed by atoms with Crippen molar-refractivity contribution < 1.29 is 4.79 Å². The van der Waals surface area contributed by atoms with Crippen molar-refractivity contribution in [2.75, 3.05) is 31.1 Å². The molecule has 0 spiro atoms. The second kappa shape index (κ2) is 9.33. The van der Waals surface area contributed by atoms with E-state index in [4.69, 9.17) is 9.97 Å². The van der Waals surface area contributed by atoms with Gasteiger partial charge in [-0.15, -0.1) is 0 Å². The van der Waals surface area contributed by atoms with E-state index in [0.717, 1.165) is 74.6 Å². The zero-order valence-electron chi connectivity index (χ0n) is 18.4. The quantitative estimate of drug-likeness (QED) is 0.734. The Bertz CT molecular complexity index is 890. The van der Waals surface area contributed by atoms with Gasteiger partial charge >= 0.3 is 0 Å². The van der Waals surface area contributed by atoms with Crippen LogP contribution in [0.4, 0.5) is 5.95 Å². The maximum Gasteiger partial charge on any atom is 0.225 e.